The van der Waals surface area contributed by atoms with Gasteiger partial charge in [-0.25, -0.2) is 0 Å². The number of aryl methyl sites for hydroxylation is 1. The van der Waals surface area contributed by atoms with Crippen LogP contribution in [0.1, 0.15) is 44.0 Å². The number of nitrogens with one attached hydrogen (secondary N) is 1. The molecule has 0 aromatic carbocycles. The lowest BCUT2D eigenvalue weighted by Crippen LogP contribution is -2.49. The summed E-state index contributed by atoms with van der Waals surface area (Å²) in [6.45, 7) is 12.2. The second-order valence-electron chi connectivity index (χ2n) is 8.47. The molecule has 1 N–H and O–H groups in total. The highest BCUT2D eigenvalue weighted by atomic mass is 16.5. The maximum Gasteiger partial charge on any atom is 0.223 e. The predicted octanol–water partition coefficient (Wildman–Crippen LogP) is 1.58. The summed E-state index contributed by atoms with van der Waals surface area (Å²) in [4.78, 5) is 17.3. The van der Waals surface area contributed by atoms with Crippen LogP contribution >= 0.6 is 0 Å². The summed E-state index contributed by atoms with van der Waals surface area (Å²) >= 11 is 0. The van der Waals surface area contributed by atoms with Crippen molar-refractivity contribution in [2.75, 3.05) is 46.4 Å². The van der Waals surface area contributed by atoms with Gasteiger partial charge in [0.05, 0.1) is 18.8 Å². The molecule has 0 aliphatic carbocycles. The third-order valence-electron chi connectivity index (χ3n) is 6.75. The molecule has 0 unspecified atom stereocenters. The van der Waals surface area contributed by atoms with E-state index in [-0.39, 0.29) is 17.9 Å². The number of hydrogen-bond donors (Lipinski definition) is 1. The molecule has 1 aromatic heterocycles. The fourth-order valence-electron chi connectivity index (χ4n) is 4.85. The van der Waals surface area contributed by atoms with E-state index in [1.165, 1.54) is 12.0 Å². The molecular weight excluding hydrogens is 354 g/mol. The molecule has 7 nitrogen and oxygen atoms in total. The molecule has 1 aromatic rings. The molecule has 0 radical (unpaired) electrons. The molecule has 7 heteroatoms. The third kappa shape index (κ3) is 4.42. The standard InChI is InChI=1S/C21H37N5O2/c1-6-25-8-7-19(15(2)14-25)22-12-17-11-20(27)26(9-10-28-5)21(17)18-13-23-24(4)16(18)3/h13,15,17,19,21-22H,6-12,14H2,1-5H3/t15-,17+,19+,21-/m1/s1. The Kier molecular flexibility index (Phi) is 7.12. The Morgan fingerprint density at radius 2 is 2.18 bits per heavy atom. The number of carbonyl (C=O) groups excluding carboxylic acids is 1. The van der Waals surface area contributed by atoms with E-state index in [9.17, 15) is 4.79 Å². The van der Waals surface area contributed by atoms with Crippen LogP contribution in [0.25, 0.3) is 0 Å². The number of piperidine rings is 1. The maximum absolute atomic E-state index is 12.8. The predicted molar refractivity (Wildman–Crippen MR) is 110 cm³/mol. The smallest absolute Gasteiger partial charge is 0.223 e. The molecule has 2 fully saturated rings. The second kappa shape index (κ2) is 9.37. The van der Waals surface area contributed by atoms with Gasteiger partial charge in [-0.05, 0) is 32.4 Å². The molecule has 1 amide bonds. The van der Waals surface area contributed by atoms with Crippen molar-refractivity contribution in [3.8, 4) is 0 Å². The molecule has 0 saturated carbocycles. The average Bonchev–Trinajstić information content (AvgIpc) is 3.17. The largest absolute Gasteiger partial charge is 0.383 e. The van der Waals surface area contributed by atoms with Crippen LogP contribution in [0.3, 0.4) is 0 Å². The molecule has 3 rings (SSSR count). The van der Waals surface area contributed by atoms with Crippen molar-refractivity contribution in [3.63, 3.8) is 0 Å². The van der Waals surface area contributed by atoms with Gasteiger partial charge in [-0.15, -0.1) is 0 Å². The minimum absolute atomic E-state index is 0.0786. The lowest BCUT2D eigenvalue weighted by molar-refractivity contribution is -0.129. The summed E-state index contributed by atoms with van der Waals surface area (Å²) in [7, 11) is 3.65. The van der Waals surface area contributed by atoms with Crippen molar-refractivity contribution < 1.29 is 9.53 Å². The Morgan fingerprint density at radius 3 is 2.79 bits per heavy atom. The number of nitrogens with zero attached hydrogens (tertiary/aromatic N) is 4. The molecule has 2 saturated heterocycles. The van der Waals surface area contributed by atoms with Gasteiger partial charge in [0.2, 0.25) is 5.91 Å². The zero-order valence-electron chi connectivity index (χ0n) is 18.1. The molecule has 3 heterocycles. The summed E-state index contributed by atoms with van der Waals surface area (Å²) in [5, 5.41) is 8.25. The van der Waals surface area contributed by atoms with Crippen LogP contribution in [-0.2, 0) is 16.6 Å². The normalized spacial score (nSPS) is 29.0. The lowest BCUT2D eigenvalue weighted by Gasteiger charge is -2.38. The van der Waals surface area contributed by atoms with E-state index < -0.39 is 0 Å². The fourth-order valence-corrected chi connectivity index (χ4v) is 4.85. The van der Waals surface area contributed by atoms with E-state index >= 15 is 0 Å². The molecule has 0 bridgehead atoms. The number of carbonyl (C=O) groups is 1. The number of ether oxygens (including phenoxy) is 1. The Labute approximate surface area is 169 Å². The van der Waals surface area contributed by atoms with Gasteiger partial charge in [-0.3, -0.25) is 9.48 Å². The highest BCUT2D eigenvalue weighted by molar-refractivity contribution is 5.79. The molecule has 158 valence electrons. The van der Waals surface area contributed by atoms with E-state index in [0.29, 0.717) is 31.5 Å². The van der Waals surface area contributed by atoms with Crippen molar-refractivity contribution in [1.82, 2.24) is 24.9 Å². The van der Waals surface area contributed by atoms with Crippen LogP contribution in [0.5, 0.6) is 0 Å². The van der Waals surface area contributed by atoms with Crippen LogP contribution < -0.4 is 5.32 Å². The zero-order valence-corrected chi connectivity index (χ0v) is 18.1. The molecule has 28 heavy (non-hydrogen) atoms. The Bertz CT molecular complexity index is 661. The van der Waals surface area contributed by atoms with Gasteiger partial charge in [-0.1, -0.05) is 13.8 Å². The van der Waals surface area contributed by atoms with Gasteiger partial charge in [0.25, 0.3) is 0 Å². The van der Waals surface area contributed by atoms with E-state index in [0.717, 1.165) is 31.9 Å². The summed E-state index contributed by atoms with van der Waals surface area (Å²) < 4.78 is 7.16. The highest BCUT2D eigenvalue weighted by Gasteiger charge is 2.42. The minimum Gasteiger partial charge on any atom is -0.383 e. The van der Waals surface area contributed by atoms with Gasteiger partial charge in [0.1, 0.15) is 0 Å². The zero-order chi connectivity index (χ0) is 20.3. The first-order chi connectivity index (χ1) is 13.5. The van der Waals surface area contributed by atoms with Crippen LogP contribution in [0.15, 0.2) is 6.20 Å². The minimum atomic E-state index is 0.0786. The Morgan fingerprint density at radius 1 is 1.39 bits per heavy atom. The SMILES string of the molecule is CCN1CC[C@H](NC[C@@H]2CC(=O)N(CCOC)[C@H]2c2cnn(C)c2C)[C@H](C)C1. The van der Waals surface area contributed by atoms with Crippen LogP contribution in [0, 0.1) is 18.8 Å². The number of likely N-dealkylation sites (tertiary alicyclic amines) is 2. The van der Waals surface area contributed by atoms with Gasteiger partial charge >= 0.3 is 0 Å². The lowest BCUT2D eigenvalue weighted by atomic mass is 9.90. The number of aromatic nitrogens is 2. The summed E-state index contributed by atoms with van der Waals surface area (Å²) in [6, 6.07) is 0.608. The van der Waals surface area contributed by atoms with Gasteiger partial charge < -0.3 is 19.9 Å². The monoisotopic (exact) mass is 391 g/mol. The molecule has 0 spiro atoms. The van der Waals surface area contributed by atoms with E-state index in [2.05, 4.69) is 36.1 Å². The first-order valence-corrected chi connectivity index (χ1v) is 10.7. The summed E-state index contributed by atoms with van der Waals surface area (Å²) in [6.07, 6.45) is 3.71. The van der Waals surface area contributed by atoms with Gasteiger partial charge in [-0.2, -0.15) is 5.10 Å². The fraction of sp³-hybridized carbons (Fsp3) is 0.810. The molecule has 2 aliphatic rings. The third-order valence-corrected chi connectivity index (χ3v) is 6.75. The topological polar surface area (TPSA) is 62.6 Å². The van der Waals surface area contributed by atoms with E-state index in [4.69, 9.17) is 4.74 Å². The maximum atomic E-state index is 12.8. The average molecular weight is 392 g/mol. The van der Waals surface area contributed by atoms with Crippen molar-refractivity contribution in [2.45, 2.75) is 45.7 Å². The van der Waals surface area contributed by atoms with Crippen molar-refractivity contribution >= 4 is 5.91 Å². The molecule has 2 aliphatic heterocycles. The van der Waals surface area contributed by atoms with Crippen molar-refractivity contribution in [1.29, 1.82) is 0 Å². The first-order valence-electron chi connectivity index (χ1n) is 10.7. The van der Waals surface area contributed by atoms with Gasteiger partial charge in [0.15, 0.2) is 0 Å². The number of methoxy groups -OCH3 is 1. The van der Waals surface area contributed by atoms with Crippen LogP contribution in [-0.4, -0.2) is 78.0 Å². The Hall–Kier alpha value is -1.44. The summed E-state index contributed by atoms with van der Waals surface area (Å²) in [5.74, 6) is 1.13. The highest BCUT2D eigenvalue weighted by Crippen LogP contribution is 2.39. The first kappa shape index (κ1) is 21.3. The van der Waals surface area contributed by atoms with Crippen molar-refractivity contribution in [3.05, 3.63) is 17.5 Å². The van der Waals surface area contributed by atoms with E-state index in [1.54, 1.807) is 7.11 Å². The van der Waals surface area contributed by atoms with Crippen molar-refractivity contribution in [2.24, 2.45) is 18.9 Å². The summed E-state index contributed by atoms with van der Waals surface area (Å²) in [5.41, 5.74) is 2.31. The van der Waals surface area contributed by atoms with Gasteiger partial charge in [0, 0.05) is 63.4 Å². The molecule has 4 atom stereocenters. The van der Waals surface area contributed by atoms with E-state index in [1.807, 2.05) is 22.8 Å². The second-order valence-corrected chi connectivity index (χ2v) is 8.47. The molecular formula is C21H37N5O2. The quantitative estimate of drug-likeness (QED) is 0.729. The Balaban J connectivity index is 1.71. The number of rotatable bonds is 8. The number of amides is 1. The number of hydrogen-bond acceptors (Lipinski definition) is 5. The van der Waals surface area contributed by atoms with Crippen LogP contribution in [0.4, 0.5) is 0 Å². The van der Waals surface area contributed by atoms with Crippen LogP contribution in [0.2, 0.25) is 0 Å².